The van der Waals surface area contributed by atoms with Crippen molar-refractivity contribution in [3.05, 3.63) is 23.8 Å². The Labute approximate surface area is 129 Å². The highest BCUT2D eigenvalue weighted by Gasteiger charge is 2.19. The van der Waals surface area contributed by atoms with E-state index in [0.717, 1.165) is 31.9 Å². The number of nitrogens with zero attached hydrogens (tertiary/aromatic N) is 3. The van der Waals surface area contributed by atoms with Crippen molar-refractivity contribution in [1.29, 1.82) is 5.26 Å². The Morgan fingerprint density at radius 2 is 2.00 bits per heavy atom. The minimum absolute atomic E-state index is 0.233. The van der Waals surface area contributed by atoms with Crippen LogP contribution in [-0.4, -0.2) is 49.9 Å². The third kappa shape index (κ3) is 3.74. The van der Waals surface area contributed by atoms with Crippen molar-refractivity contribution in [2.24, 2.45) is 5.73 Å². The molecule has 1 aliphatic rings. The van der Waals surface area contributed by atoms with Crippen LogP contribution in [0.5, 0.6) is 0 Å². The maximum atomic E-state index is 11.7. The molecule has 1 aromatic carbocycles. The molecule has 2 rings (SSSR count). The van der Waals surface area contributed by atoms with E-state index in [1.54, 1.807) is 24.3 Å². The molecule has 1 saturated heterocycles. The van der Waals surface area contributed by atoms with Gasteiger partial charge in [0.25, 0.3) is 0 Å². The second-order valence-corrected chi connectivity index (χ2v) is 5.27. The number of piperazine rings is 1. The van der Waals surface area contributed by atoms with Gasteiger partial charge in [-0.15, -0.1) is 0 Å². The molecular formula is C15H19N5O2. The summed E-state index contributed by atoms with van der Waals surface area (Å²) in [6, 6.07) is 6.80. The summed E-state index contributed by atoms with van der Waals surface area (Å²) >= 11 is 0. The second kappa shape index (κ2) is 6.91. The molecule has 0 unspecified atom stereocenters. The lowest BCUT2D eigenvalue weighted by molar-refractivity contribution is -0.115. The number of amides is 2. The molecule has 0 spiro atoms. The van der Waals surface area contributed by atoms with Gasteiger partial charge in [-0.1, -0.05) is 0 Å². The summed E-state index contributed by atoms with van der Waals surface area (Å²) in [6.07, 6.45) is -0.233. The highest BCUT2D eigenvalue weighted by atomic mass is 16.2. The summed E-state index contributed by atoms with van der Waals surface area (Å²) in [5.74, 6) is -0.958. The maximum absolute atomic E-state index is 11.7. The van der Waals surface area contributed by atoms with Crippen LogP contribution in [0.2, 0.25) is 0 Å². The van der Waals surface area contributed by atoms with E-state index in [9.17, 15) is 9.59 Å². The lowest BCUT2D eigenvalue weighted by Crippen LogP contribution is -2.44. The number of anilines is 2. The smallest absolute Gasteiger partial charge is 0.248 e. The van der Waals surface area contributed by atoms with Crippen LogP contribution in [0.15, 0.2) is 18.2 Å². The summed E-state index contributed by atoms with van der Waals surface area (Å²) in [5, 5.41) is 11.3. The van der Waals surface area contributed by atoms with Gasteiger partial charge in [-0.3, -0.25) is 9.59 Å². The average molecular weight is 301 g/mol. The molecule has 3 N–H and O–H groups in total. The van der Waals surface area contributed by atoms with E-state index in [-0.39, 0.29) is 6.42 Å². The Balaban J connectivity index is 2.29. The number of hydrogen-bond donors (Lipinski definition) is 2. The summed E-state index contributed by atoms with van der Waals surface area (Å²) in [5.41, 5.74) is 6.97. The van der Waals surface area contributed by atoms with Gasteiger partial charge in [-0.05, 0) is 25.2 Å². The monoisotopic (exact) mass is 301 g/mol. The fraction of sp³-hybridized carbons (Fsp3) is 0.400. The van der Waals surface area contributed by atoms with Gasteiger partial charge in [-0.2, -0.15) is 5.26 Å². The molecule has 22 heavy (non-hydrogen) atoms. The first kappa shape index (κ1) is 15.8. The molecule has 0 saturated carbocycles. The van der Waals surface area contributed by atoms with Crippen molar-refractivity contribution in [3.63, 3.8) is 0 Å². The van der Waals surface area contributed by atoms with Gasteiger partial charge in [0.15, 0.2) is 0 Å². The summed E-state index contributed by atoms with van der Waals surface area (Å²) in [6.45, 7) is 3.49. The van der Waals surface area contributed by atoms with Crippen molar-refractivity contribution in [3.8, 4) is 6.07 Å². The number of carbonyl (C=O) groups excluding carboxylic acids is 2. The molecule has 0 bridgehead atoms. The average Bonchev–Trinajstić information content (AvgIpc) is 2.48. The van der Waals surface area contributed by atoms with Gasteiger partial charge in [0, 0.05) is 31.7 Å². The minimum atomic E-state index is -0.555. The number of likely N-dealkylation sites (N-methyl/N-ethyl adjacent to an activating group) is 1. The highest BCUT2D eigenvalue weighted by molar-refractivity contribution is 5.99. The van der Waals surface area contributed by atoms with Crippen molar-refractivity contribution in [2.75, 3.05) is 43.4 Å². The first-order valence-electron chi connectivity index (χ1n) is 7.05. The molecule has 2 amide bonds. The van der Waals surface area contributed by atoms with Gasteiger partial charge in [0.1, 0.15) is 6.42 Å². The lowest BCUT2D eigenvalue weighted by atomic mass is 10.1. The van der Waals surface area contributed by atoms with E-state index in [1.165, 1.54) is 0 Å². The number of nitriles is 1. The maximum Gasteiger partial charge on any atom is 0.248 e. The van der Waals surface area contributed by atoms with Gasteiger partial charge in [0.2, 0.25) is 11.8 Å². The van der Waals surface area contributed by atoms with Crippen LogP contribution in [0.1, 0.15) is 16.8 Å². The molecule has 1 aromatic rings. The van der Waals surface area contributed by atoms with E-state index >= 15 is 0 Å². The zero-order chi connectivity index (χ0) is 16.1. The molecule has 0 atom stereocenters. The zero-order valence-corrected chi connectivity index (χ0v) is 12.5. The van der Waals surface area contributed by atoms with Crippen LogP contribution in [0, 0.1) is 11.3 Å². The van der Waals surface area contributed by atoms with Gasteiger partial charge in [-0.25, -0.2) is 0 Å². The van der Waals surface area contributed by atoms with Crippen LogP contribution in [0.4, 0.5) is 11.4 Å². The topological polar surface area (TPSA) is 102 Å². The number of hydrogen-bond acceptors (Lipinski definition) is 5. The Hall–Kier alpha value is -2.59. The molecule has 1 heterocycles. The van der Waals surface area contributed by atoms with E-state index in [4.69, 9.17) is 11.0 Å². The van der Waals surface area contributed by atoms with Crippen molar-refractivity contribution >= 4 is 23.2 Å². The fourth-order valence-electron chi connectivity index (χ4n) is 2.38. The molecule has 0 radical (unpaired) electrons. The Morgan fingerprint density at radius 3 is 2.59 bits per heavy atom. The number of nitrogens with one attached hydrogen (secondary N) is 1. The van der Waals surface area contributed by atoms with Crippen LogP contribution < -0.4 is 16.0 Å². The molecule has 7 nitrogen and oxygen atoms in total. The van der Waals surface area contributed by atoms with E-state index in [0.29, 0.717) is 11.3 Å². The number of benzene rings is 1. The quantitative estimate of drug-likeness (QED) is 0.837. The number of nitrogens with two attached hydrogens (primary N) is 1. The standard InChI is InChI=1S/C15H19N5O2/c1-19-6-8-20(9-7-19)13-3-2-11(15(17)22)10-12(13)18-14(21)4-5-16/h2-3,10H,4,6-9H2,1H3,(H2,17,22)(H,18,21). The minimum Gasteiger partial charge on any atom is -0.367 e. The molecule has 0 aliphatic carbocycles. The number of rotatable bonds is 4. The highest BCUT2D eigenvalue weighted by Crippen LogP contribution is 2.28. The largest absolute Gasteiger partial charge is 0.367 e. The normalized spacial score (nSPS) is 15.2. The summed E-state index contributed by atoms with van der Waals surface area (Å²) in [7, 11) is 2.06. The van der Waals surface area contributed by atoms with Gasteiger partial charge < -0.3 is 20.9 Å². The predicted molar refractivity (Wildman–Crippen MR) is 83.5 cm³/mol. The molecule has 116 valence electrons. The van der Waals surface area contributed by atoms with Crippen LogP contribution in [0.3, 0.4) is 0 Å². The van der Waals surface area contributed by atoms with Crippen molar-refractivity contribution < 1.29 is 9.59 Å². The van der Waals surface area contributed by atoms with E-state index < -0.39 is 11.8 Å². The summed E-state index contributed by atoms with van der Waals surface area (Å²) < 4.78 is 0. The van der Waals surface area contributed by atoms with E-state index in [2.05, 4.69) is 22.2 Å². The third-order valence-corrected chi connectivity index (χ3v) is 3.64. The van der Waals surface area contributed by atoms with Gasteiger partial charge >= 0.3 is 0 Å². The molecular weight excluding hydrogens is 282 g/mol. The first-order chi connectivity index (χ1) is 10.5. The van der Waals surface area contributed by atoms with Crippen molar-refractivity contribution in [1.82, 2.24) is 4.90 Å². The lowest BCUT2D eigenvalue weighted by Gasteiger charge is -2.35. The number of carbonyl (C=O) groups is 2. The zero-order valence-electron chi connectivity index (χ0n) is 12.5. The third-order valence-electron chi connectivity index (χ3n) is 3.64. The fourth-order valence-corrected chi connectivity index (χ4v) is 2.38. The Kier molecular flexibility index (Phi) is 4.96. The number of primary amides is 1. The van der Waals surface area contributed by atoms with Crippen LogP contribution >= 0.6 is 0 Å². The van der Waals surface area contributed by atoms with E-state index in [1.807, 2.05) is 0 Å². The molecule has 1 fully saturated rings. The Bertz CT molecular complexity index is 615. The predicted octanol–water partition coefficient (Wildman–Crippen LogP) is 0.389. The van der Waals surface area contributed by atoms with Crippen LogP contribution in [-0.2, 0) is 4.79 Å². The first-order valence-corrected chi connectivity index (χ1v) is 7.05. The molecule has 7 heteroatoms. The Morgan fingerprint density at radius 1 is 1.32 bits per heavy atom. The van der Waals surface area contributed by atoms with Crippen LogP contribution in [0.25, 0.3) is 0 Å². The molecule has 0 aromatic heterocycles. The SMILES string of the molecule is CN1CCN(c2ccc(C(N)=O)cc2NC(=O)CC#N)CC1. The second-order valence-electron chi connectivity index (χ2n) is 5.27. The molecule has 1 aliphatic heterocycles. The van der Waals surface area contributed by atoms with Crippen molar-refractivity contribution in [2.45, 2.75) is 6.42 Å². The summed E-state index contributed by atoms with van der Waals surface area (Å²) in [4.78, 5) is 27.4. The van der Waals surface area contributed by atoms with Gasteiger partial charge in [0.05, 0.1) is 17.4 Å².